The fourth-order valence-electron chi connectivity index (χ4n) is 2.28. The highest BCUT2D eigenvalue weighted by Crippen LogP contribution is 2.29. The van der Waals surface area contributed by atoms with Gasteiger partial charge >= 0.3 is 12.1 Å². The van der Waals surface area contributed by atoms with E-state index in [1.165, 1.54) is 12.1 Å². The van der Waals surface area contributed by atoms with E-state index in [-0.39, 0.29) is 22.7 Å². The standard InChI is InChI=1S/C16H16F3N3O5S/c1-2-10-9-13(16(17,18)19)20-22(10)11-3-5-12(6-4-11)28(26,27)21-14(23)7-8-15(24)25/h3-6,9H,2,7-8H2,1H3,(H,21,23)(H,24,25). The third-order valence-corrected chi connectivity index (χ3v) is 5.03. The third kappa shape index (κ3) is 5.09. The molecular formula is C16H16F3N3O5S. The fraction of sp³-hybridized carbons (Fsp3) is 0.312. The lowest BCUT2D eigenvalue weighted by atomic mass is 10.2. The van der Waals surface area contributed by atoms with E-state index in [2.05, 4.69) is 5.10 Å². The van der Waals surface area contributed by atoms with Gasteiger partial charge in [-0.25, -0.2) is 17.8 Å². The second kappa shape index (κ2) is 8.00. The summed E-state index contributed by atoms with van der Waals surface area (Å²) < 4.78 is 65.6. The molecule has 152 valence electrons. The number of carboxylic acids is 1. The molecule has 2 N–H and O–H groups in total. The highest BCUT2D eigenvalue weighted by molar-refractivity contribution is 7.90. The molecule has 0 saturated heterocycles. The monoisotopic (exact) mass is 419 g/mol. The summed E-state index contributed by atoms with van der Waals surface area (Å²) in [5.74, 6) is -2.23. The number of benzene rings is 1. The van der Waals surface area contributed by atoms with Gasteiger partial charge in [-0.2, -0.15) is 18.3 Å². The number of hydrogen-bond donors (Lipinski definition) is 2. The smallest absolute Gasteiger partial charge is 0.435 e. The van der Waals surface area contributed by atoms with Crippen LogP contribution in [0.15, 0.2) is 35.2 Å². The SMILES string of the molecule is CCc1cc(C(F)(F)F)nn1-c1ccc(S(=O)(=O)NC(=O)CCC(=O)O)cc1. The zero-order valence-corrected chi connectivity index (χ0v) is 15.3. The van der Waals surface area contributed by atoms with Gasteiger partial charge in [0.2, 0.25) is 5.91 Å². The molecule has 2 aromatic rings. The number of nitrogens with one attached hydrogen (secondary N) is 1. The first kappa shape index (κ1) is 21.4. The van der Waals surface area contributed by atoms with Crippen LogP contribution in [0.4, 0.5) is 13.2 Å². The molecule has 1 aromatic heterocycles. The van der Waals surface area contributed by atoms with Crippen molar-refractivity contribution in [2.75, 3.05) is 0 Å². The maximum Gasteiger partial charge on any atom is 0.435 e. The molecule has 0 spiro atoms. The molecule has 0 unspecified atom stereocenters. The van der Waals surface area contributed by atoms with Gasteiger partial charge in [0.15, 0.2) is 5.69 Å². The summed E-state index contributed by atoms with van der Waals surface area (Å²) in [6.07, 6.45) is -5.39. The predicted molar refractivity (Wildman–Crippen MR) is 90.1 cm³/mol. The van der Waals surface area contributed by atoms with Crippen LogP contribution >= 0.6 is 0 Å². The quantitative estimate of drug-likeness (QED) is 0.710. The van der Waals surface area contributed by atoms with Gasteiger partial charge in [0, 0.05) is 12.1 Å². The van der Waals surface area contributed by atoms with Crippen molar-refractivity contribution in [3.8, 4) is 5.69 Å². The van der Waals surface area contributed by atoms with E-state index in [0.717, 1.165) is 22.9 Å². The number of carboxylic acid groups (broad SMARTS) is 1. The van der Waals surface area contributed by atoms with E-state index in [4.69, 9.17) is 5.11 Å². The Balaban J connectivity index is 2.25. The van der Waals surface area contributed by atoms with Crippen LogP contribution in [0.3, 0.4) is 0 Å². The average Bonchev–Trinajstić information content (AvgIpc) is 3.04. The van der Waals surface area contributed by atoms with Crippen LogP contribution in [-0.4, -0.2) is 35.2 Å². The summed E-state index contributed by atoms with van der Waals surface area (Å²) in [7, 11) is -4.24. The number of alkyl halides is 3. The Morgan fingerprint density at radius 2 is 1.79 bits per heavy atom. The Labute approximate surface area is 158 Å². The highest BCUT2D eigenvalue weighted by atomic mass is 32.2. The van der Waals surface area contributed by atoms with Gasteiger partial charge in [0.1, 0.15) is 0 Å². The largest absolute Gasteiger partial charge is 0.481 e. The number of aliphatic carboxylic acids is 1. The van der Waals surface area contributed by atoms with E-state index in [1.807, 2.05) is 0 Å². The fourth-order valence-corrected chi connectivity index (χ4v) is 3.29. The molecule has 0 radical (unpaired) electrons. The molecule has 0 fully saturated rings. The Morgan fingerprint density at radius 1 is 1.18 bits per heavy atom. The van der Waals surface area contributed by atoms with Crippen LogP contribution in [0, 0.1) is 0 Å². The molecule has 1 amide bonds. The normalized spacial score (nSPS) is 12.0. The van der Waals surface area contributed by atoms with Gasteiger partial charge in [0.25, 0.3) is 10.0 Å². The number of amides is 1. The first-order valence-corrected chi connectivity index (χ1v) is 9.46. The third-order valence-electron chi connectivity index (χ3n) is 3.64. The number of hydrogen-bond acceptors (Lipinski definition) is 5. The molecule has 0 aliphatic rings. The van der Waals surface area contributed by atoms with Crippen molar-refractivity contribution in [2.24, 2.45) is 0 Å². The minimum Gasteiger partial charge on any atom is -0.481 e. The predicted octanol–water partition coefficient (Wildman–Crippen LogP) is 2.12. The van der Waals surface area contributed by atoms with Crippen LogP contribution < -0.4 is 4.72 Å². The van der Waals surface area contributed by atoms with Crippen molar-refractivity contribution in [2.45, 2.75) is 37.3 Å². The van der Waals surface area contributed by atoms with Crippen molar-refractivity contribution in [3.63, 3.8) is 0 Å². The first-order chi connectivity index (χ1) is 12.9. The first-order valence-electron chi connectivity index (χ1n) is 7.98. The number of carbonyl (C=O) groups excluding carboxylic acids is 1. The lowest BCUT2D eigenvalue weighted by Gasteiger charge is -2.09. The van der Waals surface area contributed by atoms with E-state index >= 15 is 0 Å². The zero-order chi connectivity index (χ0) is 21.1. The second-order valence-corrected chi connectivity index (χ2v) is 7.38. The summed E-state index contributed by atoms with van der Waals surface area (Å²) in [6, 6.07) is 5.63. The number of nitrogens with zero attached hydrogens (tertiary/aromatic N) is 2. The molecule has 0 aliphatic heterocycles. The molecule has 8 nitrogen and oxygen atoms in total. The van der Waals surface area contributed by atoms with E-state index < -0.39 is 46.6 Å². The summed E-state index contributed by atoms with van der Waals surface area (Å²) in [4.78, 5) is 21.6. The molecule has 0 aliphatic carbocycles. The maximum atomic E-state index is 12.9. The molecule has 0 atom stereocenters. The van der Waals surface area contributed by atoms with E-state index in [0.29, 0.717) is 0 Å². The highest BCUT2D eigenvalue weighted by Gasteiger charge is 2.34. The van der Waals surface area contributed by atoms with Crippen LogP contribution in [0.1, 0.15) is 31.2 Å². The number of halogens is 3. The van der Waals surface area contributed by atoms with Crippen LogP contribution in [0.5, 0.6) is 0 Å². The van der Waals surface area contributed by atoms with Crippen LogP contribution in [0.25, 0.3) is 5.69 Å². The van der Waals surface area contributed by atoms with E-state index in [9.17, 15) is 31.2 Å². The number of rotatable bonds is 7. The number of aromatic nitrogens is 2. The van der Waals surface area contributed by atoms with Gasteiger partial charge in [0.05, 0.1) is 17.0 Å². The van der Waals surface area contributed by atoms with Crippen LogP contribution in [-0.2, 0) is 32.2 Å². The molecule has 0 saturated carbocycles. The van der Waals surface area contributed by atoms with Gasteiger partial charge in [-0.15, -0.1) is 0 Å². The molecule has 1 aromatic carbocycles. The summed E-state index contributed by atoms with van der Waals surface area (Å²) in [5, 5.41) is 12.0. The Morgan fingerprint density at radius 3 is 2.29 bits per heavy atom. The summed E-state index contributed by atoms with van der Waals surface area (Å²) in [6.45, 7) is 1.65. The molecule has 0 bridgehead atoms. The molecule has 1 heterocycles. The van der Waals surface area contributed by atoms with Gasteiger partial charge in [-0.3, -0.25) is 9.59 Å². The number of aryl methyl sites for hydroxylation is 1. The lowest BCUT2D eigenvalue weighted by molar-refractivity contribution is -0.141. The van der Waals surface area contributed by atoms with E-state index in [1.54, 1.807) is 11.6 Å². The minimum atomic E-state index is -4.61. The Hall–Kier alpha value is -2.89. The van der Waals surface area contributed by atoms with Crippen molar-refractivity contribution in [3.05, 3.63) is 41.7 Å². The lowest BCUT2D eigenvalue weighted by Crippen LogP contribution is -2.30. The second-order valence-electron chi connectivity index (χ2n) is 5.70. The summed E-state index contributed by atoms with van der Waals surface area (Å²) in [5.41, 5.74) is -0.569. The molecular weight excluding hydrogens is 403 g/mol. The number of sulfonamides is 1. The average molecular weight is 419 g/mol. The molecule has 28 heavy (non-hydrogen) atoms. The van der Waals surface area contributed by atoms with Crippen LogP contribution in [0.2, 0.25) is 0 Å². The Bertz CT molecular complexity index is 982. The Kier molecular flexibility index (Phi) is 6.12. The molecule has 12 heteroatoms. The minimum absolute atomic E-state index is 0.212. The van der Waals surface area contributed by atoms with Gasteiger partial charge in [-0.1, -0.05) is 6.92 Å². The van der Waals surface area contributed by atoms with Crippen molar-refractivity contribution in [1.82, 2.24) is 14.5 Å². The topological polar surface area (TPSA) is 118 Å². The van der Waals surface area contributed by atoms with Crippen molar-refractivity contribution >= 4 is 21.9 Å². The van der Waals surface area contributed by atoms with Crippen molar-refractivity contribution in [1.29, 1.82) is 0 Å². The maximum absolute atomic E-state index is 12.9. The van der Waals surface area contributed by atoms with Crippen molar-refractivity contribution < 1.29 is 36.3 Å². The molecule has 2 rings (SSSR count). The van der Waals surface area contributed by atoms with Gasteiger partial charge < -0.3 is 5.11 Å². The van der Waals surface area contributed by atoms with Gasteiger partial charge in [-0.05, 0) is 36.8 Å². The number of carbonyl (C=O) groups is 2. The summed E-state index contributed by atoms with van der Waals surface area (Å²) >= 11 is 0. The zero-order valence-electron chi connectivity index (χ0n) is 14.5.